The first kappa shape index (κ1) is 25.3. The van der Waals surface area contributed by atoms with E-state index >= 15 is 0 Å². The number of amides is 2. The van der Waals surface area contributed by atoms with Gasteiger partial charge in [-0.25, -0.2) is 0 Å². The van der Waals surface area contributed by atoms with Gasteiger partial charge in [0.25, 0.3) is 0 Å². The van der Waals surface area contributed by atoms with Crippen molar-refractivity contribution in [1.82, 2.24) is 0 Å². The highest BCUT2D eigenvalue weighted by Gasteiger charge is 2.23. The molecule has 0 fully saturated rings. The largest absolute Gasteiger partial charge is 0.326 e. The summed E-state index contributed by atoms with van der Waals surface area (Å²) in [5.41, 5.74) is 5.63. The molecule has 1 unspecified atom stereocenters. The molecule has 4 rings (SSSR count). The van der Waals surface area contributed by atoms with Crippen LogP contribution in [0.4, 0.5) is 11.4 Å². The summed E-state index contributed by atoms with van der Waals surface area (Å²) in [4.78, 5) is 27.1. The number of hydrogen-bond donors (Lipinski definition) is 2. The van der Waals surface area contributed by atoms with E-state index in [9.17, 15) is 9.59 Å². The fourth-order valence-corrected chi connectivity index (χ4v) is 5.14. The lowest BCUT2D eigenvalue weighted by molar-refractivity contribution is -0.116. The quantitative estimate of drug-likeness (QED) is 0.242. The number of carbonyl (C=O) groups excluding carboxylic acids is 2. The van der Waals surface area contributed by atoms with Crippen molar-refractivity contribution in [3.63, 3.8) is 0 Å². The molecule has 0 saturated heterocycles. The zero-order chi connectivity index (χ0) is 25.3. The number of aryl methyl sites for hydroxylation is 2. The van der Waals surface area contributed by atoms with E-state index < -0.39 is 5.25 Å². The maximum atomic E-state index is 13.6. The molecule has 0 radical (unpaired) electrons. The zero-order valence-electron chi connectivity index (χ0n) is 20.5. The molecule has 0 aliphatic heterocycles. The number of nitrogens with one attached hydrogen (secondary N) is 2. The van der Waals surface area contributed by atoms with E-state index in [4.69, 9.17) is 0 Å². The number of anilines is 2. The molecule has 0 heterocycles. The Morgan fingerprint density at radius 3 is 2.22 bits per heavy atom. The van der Waals surface area contributed by atoms with Crippen molar-refractivity contribution in [2.75, 3.05) is 10.6 Å². The predicted octanol–water partition coefficient (Wildman–Crippen LogP) is 7.21. The lowest BCUT2D eigenvalue weighted by Crippen LogP contribution is -2.20. The third-order valence-electron chi connectivity index (χ3n) is 5.91. The number of para-hydroxylation sites is 1. The molecule has 0 aliphatic carbocycles. The minimum absolute atomic E-state index is 0.0753. The Hall–Kier alpha value is -3.83. The second-order valence-corrected chi connectivity index (χ2v) is 9.78. The van der Waals surface area contributed by atoms with Crippen LogP contribution in [0.25, 0.3) is 0 Å². The van der Waals surface area contributed by atoms with Crippen LogP contribution in [0.3, 0.4) is 0 Å². The molecule has 0 bridgehead atoms. The molecule has 2 N–H and O–H groups in total. The third kappa shape index (κ3) is 6.64. The van der Waals surface area contributed by atoms with Crippen molar-refractivity contribution in [1.29, 1.82) is 0 Å². The van der Waals surface area contributed by atoms with Gasteiger partial charge in [0.15, 0.2) is 0 Å². The highest BCUT2D eigenvalue weighted by Crippen LogP contribution is 2.37. The normalized spacial score (nSPS) is 11.5. The summed E-state index contributed by atoms with van der Waals surface area (Å²) in [6, 6.07) is 33.2. The summed E-state index contributed by atoms with van der Waals surface area (Å²) in [7, 11) is 0. The molecule has 2 amide bonds. The second kappa shape index (κ2) is 12.2. The van der Waals surface area contributed by atoms with Crippen LogP contribution in [0, 0.1) is 6.92 Å². The second-order valence-electron chi connectivity index (χ2n) is 8.60. The van der Waals surface area contributed by atoms with Crippen LogP contribution in [0.5, 0.6) is 0 Å². The maximum absolute atomic E-state index is 13.6. The molecule has 5 heteroatoms. The van der Waals surface area contributed by atoms with Crippen molar-refractivity contribution in [2.24, 2.45) is 0 Å². The first-order valence-corrected chi connectivity index (χ1v) is 13.0. The SMILES string of the molecule is CCc1cccc(C)c1NC(=O)C(Sc1cccc(NC(=O)Cc2ccccc2)c1)c1ccccc1. The Morgan fingerprint density at radius 1 is 0.806 bits per heavy atom. The summed E-state index contributed by atoms with van der Waals surface area (Å²) in [6.45, 7) is 4.10. The first-order valence-electron chi connectivity index (χ1n) is 12.1. The number of rotatable bonds is 9. The van der Waals surface area contributed by atoms with Gasteiger partial charge in [0, 0.05) is 16.3 Å². The Kier molecular flexibility index (Phi) is 8.58. The predicted molar refractivity (Wildman–Crippen MR) is 149 cm³/mol. The summed E-state index contributed by atoms with van der Waals surface area (Å²) < 4.78 is 0. The number of hydrogen-bond acceptors (Lipinski definition) is 3. The van der Waals surface area contributed by atoms with Gasteiger partial charge in [0.05, 0.1) is 6.42 Å². The Labute approximate surface area is 217 Å². The average Bonchev–Trinajstić information content (AvgIpc) is 2.89. The zero-order valence-corrected chi connectivity index (χ0v) is 21.3. The van der Waals surface area contributed by atoms with Crippen LogP contribution < -0.4 is 10.6 Å². The van der Waals surface area contributed by atoms with Crippen molar-refractivity contribution < 1.29 is 9.59 Å². The maximum Gasteiger partial charge on any atom is 0.242 e. The van der Waals surface area contributed by atoms with Gasteiger partial charge in [-0.1, -0.05) is 91.9 Å². The molecular formula is C31H30N2O2S. The molecule has 182 valence electrons. The highest BCUT2D eigenvalue weighted by molar-refractivity contribution is 8.00. The number of thioether (sulfide) groups is 1. The van der Waals surface area contributed by atoms with E-state index in [1.807, 2.05) is 104 Å². The summed E-state index contributed by atoms with van der Waals surface area (Å²) in [6.07, 6.45) is 1.15. The van der Waals surface area contributed by atoms with Crippen molar-refractivity contribution in [3.8, 4) is 0 Å². The van der Waals surface area contributed by atoms with Gasteiger partial charge in [-0.3, -0.25) is 9.59 Å². The summed E-state index contributed by atoms with van der Waals surface area (Å²) >= 11 is 1.47. The third-order valence-corrected chi connectivity index (χ3v) is 7.16. The van der Waals surface area contributed by atoms with Gasteiger partial charge >= 0.3 is 0 Å². The van der Waals surface area contributed by atoms with Gasteiger partial charge in [-0.05, 0) is 53.8 Å². The lowest BCUT2D eigenvalue weighted by atomic mass is 10.1. The lowest BCUT2D eigenvalue weighted by Gasteiger charge is -2.20. The van der Waals surface area contributed by atoms with Gasteiger partial charge < -0.3 is 10.6 Å². The van der Waals surface area contributed by atoms with E-state index in [0.29, 0.717) is 12.1 Å². The Morgan fingerprint density at radius 2 is 1.50 bits per heavy atom. The van der Waals surface area contributed by atoms with E-state index in [1.165, 1.54) is 11.8 Å². The van der Waals surface area contributed by atoms with Gasteiger partial charge in [0.2, 0.25) is 11.8 Å². The van der Waals surface area contributed by atoms with E-state index in [-0.39, 0.29) is 11.8 Å². The molecule has 0 saturated carbocycles. The molecule has 4 aromatic rings. The molecule has 36 heavy (non-hydrogen) atoms. The minimum atomic E-state index is -0.453. The van der Waals surface area contributed by atoms with Crippen molar-refractivity contribution in [2.45, 2.75) is 36.8 Å². The van der Waals surface area contributed by atoms with E-state index in [0.717, 1.165) is 39.3 Å². The van der Waals surface area contributed by atoms with Gasteiger partial charge in [-0.15, -0.1) is 11.8 Å². The van der Waals surface area contributed by atoms with Crippen LogP contribution in [0.2, 0.25) is 0 Å². The van der Waals surface area contributed by atoms with Crippen molar-refractivity contribution >= 4 is 35.0 Å². The topological polar surface area (TPSA) is 58.2 Å². The average molecular weight is 495 g/mol. The number of carbonyl (C=O) groups is 2. The minimum Gasteiger partial charge on any atom is -0.326 e. The molecule has 0 aromatic heterocycles. The molecule has 1 atom stereocenters. The smallest absolute Gasteiger partial charge is 0.242 e. The van der Waals surface area contributed by atoms with Crippen LogP contribution in [-0.2, 0) is 22.4 Å². The van der Waals surface area contributed by atoms with Crippen LogP contribution >= 0.6 is 11.8 Å². The molecular weight excluding hydrogens is 464 g/mol. The highest BCUT2D eigenvalue weighted by atomic mass is 32.2. The summed E-state index contributed by atoms with van der Waals surface area (Å²) in [5.74, 6) is -0.152. The monoisotopic (exact) mass is 494 g/mol. The van der Waals surface area contributed by atoms with Gasteiger partial charge in [-0.2, -0.15) is 0 Å². The fraction of sp³-hybridized carbons (Fsp3) is 0.161. The molecule has 4 aromatic carbocycles. The molecule has 0 aliphatic rings. The Bertz CT molecular complexity index is 1320. The van der Waals surface area contributed by atoms with E-state index in [2.05, 4.69) is 23.6 Å². The summed E-state index contributed by atoms with van der Waals surface area (Å²) in [5, 5.41) is 5.72. The van der Waals surface area contributed by atoms with Crippen LogP contribution in [-0.4, -0.2) is 11.8 Å². The Balaban J connectivity index is 1.53. The van der Waals surface area contributed by atoms with Gasteiger partial charge in [0.1, 0.15) is 5.25 Å². The van der Waals surface area contributed by atoms with Crippen LogP contribution in [0.15, 0.2) is 108 Å². The van der Waals surface area contributed by atoms with E-state index in [1.54, 1.807) is 0 Å². The molecule has 4 nitrogen and oxygen atoms in total. The van der Waals surface area contributed by atoms with Crippen LogP contribution in [0.1, 0.15) is 34.4 Å². The van der Waals surface area contributed by atoms with Crippen molar-refractivity contribution in [3.05, 3.63) is 125 Å². The fourth-order valence-electron chi connectivity index (χ4n) is 4.06. The standard InChI is InChI=1S/C31H30N2O2S/c1-3-24-17-10-12-22(2)29(24)33-31(35)30(25-15-8-5-9-16-25)36-27-19-11-18-26(21-27)32-28(34)20-23-13-6-4-7-14-23/h4-19,21,30H,3,20H2,1-2H3,(H,32,34)(H,33,35). The first-order chi connectivity index (χ1) is 17.5. The number of benzene rings is 4. The molecule has 0 spiro atoms.